The van der Waals surface area contributed by atoms with Crippen LogP contribution in [0.3, 0.4) is 0 Å². The van der Waals surface area contributed by atoms with Crippen LogP contribution in [-0.4, -0.2) is 4.98 Å². The third kappa shape index (κ3) is 3.65. The minimum Gasteiger partial charge on any atom is -0.324 e. The molecule has 2 aromatic rings. The Kier molecular flexibility index (Phi) is 4.01. The maximum absolute atomic E-state index is 6.34. The van der Waals surface area contributed by atoms with Gasteiger partial charge in [-0.25, -0.2) is 0 Å². The van der Waals surface area contributed by atoms with E-state index >= 15 is 0 Å². The molecule has 2 N–H and O–H groups in total. The van der Waals surface area contributed by atoms with E-state index in [4.69, 9.17) is 5.73 Å². The van der Waals surface area contributed by atoms with E-state index in [1.807, 2.05) is 13.8 Å². The summed E-state index contributed by atoms with van der Waals surface area (Å²) in [5, 5.41) is 0. The Morgan fingerprint density at radius 1 is 0.895 bits per heavy atom. The second-order valence-electron chi connectivity index (χ2n) is 5.49. The van der Waals surface area contributed by atoms with Gasteiger partial charge in [-0.3, -0.25) is 4.98 Å². The van der Waals surface area contributed by atoms with Gasteiger partial charge in [-0.05, 0) is 57.4 Å². The summed E-state index contributed by atoms with van der Waals surface area (Å²) in [5.74, 6) is 0. The highest BCUT2D eigenvalue weighted by Gasteiger charge is 2.09. The second kappa shape index (κ2) is 5.54. The lowest BCUT2D eigenvalue weighted by molar-refractivity contribution is 0.716. The zero-order valence-corrected chi connectivity index (χ0v) is 12.2. The van der Waals surface area contributed by atoms with E-state index in [1.165, 1.54) is 22.3 Å². The lowest BCUT2D eigenvalue weighted by Gasteiger charge is -2.14. The fourth-order valence-corrected chi connectivity index (χ4v) is 2.64. The van der Waals surface area contributed by atoms with E-state index in [-0.39, 0.29) is 6.04 Å². The van der Waals surface area contributed by atoms with E-state index < -0.39 is 0 Å². The van der Waals surface area contributed by atoms with Crippen molar-refractivity contribution in [1.82, 2.24) is 4.98 Å². The molecule has 19 heavy (non-hydrogen) atoms. The summed E-state index contributed by atoms with van der Waals surface area (Å²) in [7, 11) is 0. The standard InChI is InChI=1S/C17H22N2/c1-11-5-12(2)7-15(6-11)10-17(18)16-8-13(3)19-14(4)9-16/h5-9,17H,10,18H2,1-4H3. The number of hydrogen-bond acceptors (Lipinski definition) is 2. The van der Waals surface area contributed by atoms with Crippen molar-refractivity contribution in [3.8, 4) is 0 Å². The van der Waals surface area contributed by atoms with Gasteiger partial charge in [0.05, 0.1) is 0 Å². The molecule has 0 aliphatic rings. The van der Waals surface area contributed by atoms with Crippen LogP contribution in [0, 0.1) is 27.7 Å². The molecule has 1 aromatic carbocycles. The van der Waals surface area contributed by atoms with Gasteiger partial charge in [0, 0.05) is 17.4 Å². The molecule has 0 radical (unpaired) electrons. The average Bonchev–Trinajstić information content (AvgIpc) is 2.25. The van der Waals surface area contributed by atoms with Crippen LogP contribution in [0.15, 0.2) is 30.3 Å². The largest absolute Gasteiger partial charge is 0.324 e. The molecular weight excluding hydrogens is 232 g/mol. The molecule has 0 bridgehead atoms. The van der Waals surface area contributed by atoms with Crippen molar-refractivity contribution in [3.63, 3.8) is 0 Å². The van der Waals surface area contributed by atoms with Crippen LogP contribution in [-0.2, 0) is 6.42 Å². The lowest BCUT2D eigenvalue weighted by atomic mass is 9.97. The Morgan fingerprint density at radius 3 is 1.95 bits per heavy atom. The number of aromatic nitrogens is 1. The van der Waals surface area contributed by atoms with Gasteiger partial charge >= 0.3 is 0 Å². The number of rotatable bonds is 3. The van der Waals surface area contributed by atoms with Crippen LogP contribution in [0.5, 0.6) is 0 Å². The highest BCUT2D eigenvalue weighted by atomic mass is 14.7. The Morgan fingerprint density at radius 2 is 1.42 bits per heavy atom. The van der Waals surface area contributed by atoms with Crippen LogP contribution in [0.4, 0.5) is 0 Å². The fourth-order valence-electron chi connectivity index (χ4n) is 2.64. The molecule has 0 fully saturated rings. The van der Waals surface area contributed by atoms with Crippen molar-refractivity contribution < 1.29 is 0 Å². The second-order valence-corrected chi connectivity index (χ2v) is 5.49. The van der Waals surface area contributed by atoms with Crippen molar-refractivity contribution in [2.75, 3.05) is 0 Å². The van der Waals surface area contributed by atoms with Gasteiger partial charge < -0.3 is 5.73 Å². The number of nitrogens with two attached hydrogens (primary N) is 1. The molecule has 0 amide bonds. The lowest BCUT2D eigenvalue weighted by Crippen LogP contribution is -2.14. The molecule has 0 aliphatic carbocycles. The first-order valence-electron chi connectivity index (χ1n) is 6.72. The third-order valence-corrected chi connectivity index (χ3v) is 3.27. The van der Waals surface area contributed by atoms with Gasteiger partial charge in [0.25, 0.3) is 0 Å². The highest BCUT2D eigenvalue weighted by Crippen LogP contribution is 2.19. The van der Waals surface area contributed by atoms with Gasteiger partial charge in [-0.1, -0.05) is 29.3 Å². The Bertz CT molecular complexity index is 547. The Labute approximate surface area is 115 Å². The number of aryl methyl sites for hydroxylation is 4. The Hall–Kier alpha value is -1.67. The van der Waals surface area contributed by atoms with Gasteiger partial charge in [-0.15, -0.1) is 0 Å². The van der Waals surface area contributed by atoms with Gasteiger partial charge in [-0.2, -0.15) is 0 Å². The Balaban J connectivity index is 2.22. The van der Waals surface area contributed by atoms with E-state index in [1.54, 1.807) is 0 Å². The van der Waals surface area contributed by atoms with Crippen molar-refractivity contribution >= 4 is 0 Å². The summed E-state index contributed by atoms with van der Waals surface area (Å²) in [4.78, 5) is 4.40. The molecule has 1 aromatic heterocycles. The number of nitrogens with zero attached hydrogens (tertiary/aromatic N) is 1. The van der Waals surface area contributed by atoms with Crippen LogP contribution >= 0.6 is 0 Å². The van der Waals surface area contributed by atoms with Crippen LogP contribution in [0.1, 0.15) is 39.7 Å². The first-order valence-corrected chi connectivity index (χ1v) is 6.72. The summed E-state index contributed by atoms with van der Waals surface area (Å²) in [6, 6.07) is 10.8. The predicted octanol–water partition coefficient (Wildman–Crippen LogP) is 3.56. The molecule has 1 atom stereocenters. The highest BCUT2D eigenvalue weighted by molar-refractivity contribution is 5.31. The molecule has 0 saturated heterocycles. The van der Waals surface area contributed by atoms with E-state index in [2.05, 4.69) is 49.2 Å². The summed E-state index contributed by atoms with van der Waals surface area (Å²) >= 11 is 0. The predicted molar refractivity (Wildman–Crippen MR) is 80.3 cm³/mol. The van der Waals surface area contributed by atoms with Crippen molar-refractivity contribution in [2.24, 2.45) is 5.73 Å². The molecule has 1 unspecified atom stereocenters. The summed E-state index contributed by atoms with van der Waals surface area (Å²) in [6.07, 6.45) is 0.866. The minimum atomic E-state index is 0.0293. The number of pyridine rings is 1. The van der Waals surface area contributed by atoms with E-state index in [0.29, 0.717) is 0 Å². The molecule has 0 saturated carbocycles. The van der Waals surface area contributed by atoms with Crippen molar-refractivity contribution in [1.29, 1.82) is 0 Å². The first kappa shape index (κ1) is 13.8. The van der Waals surface area contributed by atoms with Crippen molar-refractivity contribution in [2.45, 2.75) is 40.2 Å². The van der Waals surface area contributed by atoms with Crippen molar-refractivity contribution in [3.05, 3.63) is 64.0 Å². The quantitative estimate of drug-likeness (QED) is 0.909. The normalized spacial score (nSPS) is 12.5. The van der Waals surface area contributed by atoms with Gasteiger partial charge in [0.2, 0.25) is 0 Å². The zero-order valence-electron chi connectivity index (χ0n) is 12.2. The SMILES string of the molecule is Cc1cc(C)cc(CC(N)c2cc(C)nc(C)c2)c1. The summed E-state index contributed by atoms with van der Waals surface area (Å²) in [6.45, 7) is 8.28. The molecule has 100 valence electrons. The monoisotopic (exact) mass is 254 g/mol. The topological polar surface area (TPSA) is 38.9 Å². The summed E-state index contributed by atoms with van der Waals surface area (Å²) < 4.78 is 0. The molecule has 1 heterocycles. The molecule has 2 heteroatoms. The first-order chi connectivity index (χ1) is 8.94. The maximum Gasteiger partial charge on any atom is 0.0379 e. The van der Waals surface area contributed by atoms with Gasteiger partial charge in [0.1, 0.15) is 0 Å². The maximum atomic E-state index is 6.34. The smallest absolute Gasteiger partial charge is 0.0379 e. The molecular formula is C17H22N2. The van der Waals surface area contributed by atoms with E-state index in [0.717, 1.165) is 17.8 Å². The molecule has 2 rings (SSSR count). The zero-order chi connectivity index (χ0) is 14.0. The average molecular weight is 254 g/mol. The van der Waals surface area contributed by atoms with Crippen LogP contribution in [0.2, 0.25) is 0 Å². The summed E-state index contributed by atoms with van der Waals surface area (Å²) in [5.41, 5.74) is 13.5. The fraction of sp³-hybridized carbons (Fsp3) is 0.353. The minimum absolute atomic E-state index is 0.0293. The number of hydrogen-bond donors (Lipinski definition) is 1. The molecule has 2 nitrogen and oxygen atoms in total. The van der Waals surface area contributed by atoms with Gasteiger partial charge in [0.15, 0.2) is 0 Å². The molecule has 0 spiro atoms. The van der Waals surface area contributed by atoms with E-state index in [9.17, 15) is 0 Å². The van der Waals surface area contributed by atoms with Crippen LogP contribution < -0.4 is 5.73 Å². The third-order valence-electron chi connectivity index (χ3n) is 3.27. The van der Waals surface area contributed by atoms with Crippen LogP contribution in [0.25, 0.3) is 0 Å². The molecule has 0 aliphatic heterocycles. The number of benzene rings is 1.